The fourth-order valence-corrected chi connectivity index (χ4v) is 1.96. The minimum atomic E-state index is -0.988. The van der Waals surface area contributed by atoms with Crippen molar-refractivity contribution in [2.24, 2.45) is 0 Å². The highest BCUT2D eigenvalue weighted by Crippen LogP contribution is 2.21. The lowest BCUT2D eigenvalue weighted by Crippen LogP contribution is -2.04. The van der Waals surface area contributed by atoms with Crippen molar-refractivity contribution in [3.8, 4) is 0 Å². The van der Waals surface area contributed by atoms with E-state index in [1.54, 1.807) is 0 Å². The maximum Gasteiger partial charge on any atom is 0.337 e. The highest BCUT2D eigenvalue weighted by atomic mass is 79.9. The SMILES string of the molecule is O=C(O)c1cnc(NCc2ccccc2)c(Br)c1. The van der Waals surface area contributed by atoms with Gasteiger partial charge < -0.3 is 10.4 Å². The Morgan fingerprint density at radius 2 is 2.06 bits per heavy atom. The minimum absolute atomic E-state index is 0.159. The number of rotatable bonds is 4. The highest BCUT2D eigenvalue weighted by Gasteiger charge is 2.07. The molecule has 1 aromatic heterocycles. The summed E-state index contributed by atoms with van der Waals surface area (Å²) in [4.78, 5) is 14.8. The molecule has 0 saturated carbocycles. The summed E-state index contributed by atoms with van der Waals surface area (Å²) in [6.45, 7) is 0.638. The van der Waals surface area contributed by atoms with Gasteiger partial charge in [-0.3, -0.25) is 0 Å². The monoisotopic (exact) mass is 306 g/mol. The van der Waals surface area contributed by atoms with Crippen molar-refractivity contribution in [1.29, 1.82) is 0 Å². The fourth-order valence-electron chi connectivity index (χ4n) is 1.47. The standard InChI is InChI=1S/C13H11BrN2O2/c14-11-6-10(13(17)18)8-16-12(11)15-7-9-4-2-1-3-5-9/h1-6,8H,7H2,(H,15,16)(H,17,18). The molecule has 0 saturated heterocycles. The number of aromatic carboxylic acids is 1. The van der Waals surface area contributed by atoms with Crippen LogP contribution in [-0.4, -0.2) is 16.1 Å². The molecular formula is C13H11BrN2O2. The number of nitrogens with zero attached hydrogens (tertiary/aromatic N) is 1. The zero-order valence-corrected chi connectivity index (χ0v) is 11.0. The van der Waals surface area contributed by atoms with E-state index in [-0.39, 0.29) is 5.56 Å². The van der Waals surface area contributed by atoms with Gasteiger partial charge in [0.25, 0.3) is 0 Å². The van der Waals surface area contributed by atoms with Crippen molar-refractivity contribution >= 4 is 27.7 Å². The number of carbonyl (C=O) groups is 1. The van der Waals surface area contributed by atoms with Gasteiger partial charge in [0.1, 0.15) is 5.82 Å². The highest BCUT2D eigenvalue weighted by molar-refractivity contribution is 9.10. The van der Waals surface area contributed by atoms with Crippen molar-refractivity contribution in [2.75, 3.05) is 5.32 Å². The Kier molecular flexibility index (Phi) is 3.94. The third-order valence-electron chi connectivity index (χ3n) is 2.39. The quantitative estimate of drug-likeness (QED) is 0.911. The van der Waals surface area contributed by atoms with Crippen LogP contribution < -0.4 is 5.32 Å². The number of aromatic nitrogens is 1. The lowest BCUT2D eigenvalue weighted by atomic mass is 10.2. The average molecular weight is 307 g/mol. The van der Waals surface area contributed by atoms with Crippen LogP contribution in [-0.2, 0) is 6.54 Å². The summed E-state index contributed by atoms with van der Waals surface area (Å²) in [5.41, 5.74) is 1.29. The first-order chi connectivity index (χ1) is 8.66. The molecular weight excluding hydrogens is 296 g/mol. The molecule has 92 valence electrons. The Bertz CT molecular complexity index is 558. The zero-order chi connectivity index (χ0) is 13.0. The normalized spacial score (nSPS) is 10.1. The lowest BCUT2D eigenvalue weighted by molar-refractivity contribution is 0.0696. The van der Waals surface area contributed by atoms with Crippen LogP contribution in [0.2, 0.25) is 0 Å². The van der Waals surface area contributed by atoms with E-state index in [9.17, 15) is 4.79 Å². The molecule has 2 rings (SSSR count). The van der Waals surface area contributed by atoms with Crippen molar-refractivity contribution < 1.29 is 9.90 Å². The second-order valence-corrected chi connectivity index (χ2v) is 4.55. The van der Waals surface area contributed by atoms with E-state index in [2.05, 4.69) is 26.2 Å². The van der Waals surface area contributed by atoms with Gasteiger partial charge in [0.2, 0.25) is 0 Å². The second kappa shape index (κ2) is 5.64. The van der Waals surface area contributed by atoms with Gasteiger partial charge in [0.15, 0.2) is 0 Å². The molecule has 0 amide bonds. The molecule has 0 atom stereocenters. The van der Waals surface area contributed by atoms with Gasteiger partial charge in [0.05, 0.1) is 10.0 Å². The molecule has 5 heteroatoms. The molecule has 0 spiro atoms. The molecule has 0 radical (unpaired) electrons. The summed E-state index contributed by atoms with van der Waals surface area (Å²) in [6, 6.07) is 11.4. The third-order valence-corrected chi connectivity index (χ3v) is 3.00. The fraction of sp³-hybridized carbons (Fsp3) is 0.0769. The van der Waals surface area contributed by atoms with Gasteiger partial charge in [-0.25, -0.2) is 9.78 Å². The van der Waals surface area contributed by atoms with E-state index in [1.807, 2.05) is 30.3 Å². The molecule has 0 unspecified atom stereocenters. The van der Waals surface area contributed by atoms with Crippen LogP contribution in [0.4, 0.5) is 5.82 Å². The Morgan fingerprint density at radius 1 is 1.33 bits per heavy atom. The molecule has 1 aromatic carbocycles. The van der Waals surface area contributed by atoms with Crippen molar-refractivity contribution in [2.45, 2.75) is 6.54 Å². The van der Waals surface area contributed by atoms with E-state index >= 15 is 0 Å². The Hall–Kier alpha value is -1.88. The summed E-state index contributed by atoms with van der Waals surface area (Å²) < 4.78 is 0.637. The molecule has 2 aromatic rings. The van der Waals surface area contributed by atoms with E-state index in [0.717, 1.165) is 5.56 Å². The number of halogens is 1. The summed E-state index contributed by atoms with van der Waals surface area (Å²) in [5.74, 6) is -0.360. The van der Waals surface area contributed by atoms with Gasteiger partial charge in [-0.15, -0.1) is 0 Å². The summed E-state index contributed by atoms with van der Waals surface area (Å²) in [5, 5.41) is 12.0. The zero-order valence-electron chi connectivity index (χ0n) is 9.43. The van der Waals surface area contributed by atoms with Gasteiger partial charge in [0, 0.05) is 12.7 Å². The smallest absolute Gasteiger partial charge is 0.337 e. The summed E-state index contributed by atoms with van der Waals surface area (Å²) in [7, 11) is 0. The van der Waals surface area contributed by atoms with Crippen LogP contribution in [0, 0.1) is 0 Å². The molecule has 0 aliphatic rings. The van der Waals surface area contributed by atoms with Crippen molar-refractivity contribution in [3.05, 3.63) is 58.2 Å². The van der Waals surface area contributed by atoms with Crippen LogP contribution >= 0.6 is 15.9 Å². The van der Waals surface area contributed by atoms with Gasteiger partial charge in [-0.2, -0.15) is 0 Å². The number of carboxylic acids is 1. The van der Waals surface area contributed by atoms with Crippen molar-refractivity contribution in [3.63, 3.8) is 0 Å². The van der Waals surface area contributed by atoms with Crippen LogP contribution in [0.5, 0.6) is 0 Å². The van der Waals surface area contributed by atoms with Gasteiger partial charge in [-0.05, 0) is 27.6 Å². The van der Waals surface area contributed by atoms with E-state index < -0.39 is 5.97 Å². The van der Waals surface area contributed by atoms with E-state index in [4.69, 9.17) is 5.11 Å². The summed E-state index contributed by atoms with van der Waals surface area (Å²) in [6.07, 6.45) is 1.33. The maximum absolute atomic E-state index is 10.8. The van der Waals surface area contributed by atoms with Crippen LogP contribution in [0.3, 0.4) is 0 Å². The van der Waals surface area contributed by atoms with Gasteiger partial charge in [-0.1, -0.05) is 30.3 Å². The molecule has 0 bridgehead atoms. The number of carboxylic acid groups (broad SMARTS) is 1. The predicted molar refractivity (Wildman–Crippen MR) is 72.7 cm³/mol. The van der Waals surface area contributed by atoms with Crippen molar-refractivity contribution in [1.82, 2.24) is 4.98 Å². The predicted octanol–water partition coefficient (Wildman–Crippen LogP) is 3.15. The minimum Gasteiger partial charge on any atom is -0.478 e. The largest absolute Gasteiger partial charge is 0.478 e. The Morgan fingerprint density at radius 3 is 2.67 bits per heavy atom. The summed E-state index contributed by atoms with van der Waals surface area (Å²) >= 11 is 3.30. The van der Waals surface area contributed by atoms with E-state index in [0.29, 0.717) is 16.8 Å². The molecule has 1 heterocycles. The van der Waals surface area contributed by atoms with Crippen LogP contribution in [0.1, 0.15) is 15.9 Å². The molecule has 2 N–H and O–H groups in total. The first-order valence-electron chi connectivity index (χ1n) is 5.33. The van der Waals surface area contributed by atoms with Crippen LogP contribution in [0.25, 0.3) is 0 Å². The van der Waals surface area contributed by atoms with Gasteiger partial charge >= 0.3 is 5.97 Å². The number of benzene rings is 1. The molecule has 18 heavy (non-hydrogen) atoms. The third kappa shape index (κ3) is 3.07. The average Bonchev–Trinajstić information content (AvgIpc) is 2.38. The number of hydrogen-bond donors (Lipinski definition) is 2. The number of nitrogens with one attached hydrogen (secondary N) is 1. The molecule has 0 aliphatic carbocycles. The molecule has 0 aliphatic heterocycles. The topological polar surface area (TPSA) is 62.2 Å². The lowest BCUT2D eigenvalue weighted by Gasteiger charge is -2.08. The second-order valence-electron chi connectivity index (χ2n) is 3.70. The molecule has 4 nitrogen and oxygen atoms in total. The Balaban J connectivity index is 2.08. The number of hydrogen-bond acceptors (Lipinski definition) is 3. The molecule has 0 fully saturated rings. The first-order valence-corrected chi connectivity index (χ1v) is 6.13. The van der Waals surface area contributed by atoms with E-state index in [1.165, 1.54) is 12.3 Å². The first kappa shape index (κ1) is 12.6. The number of anilines is 1. The maximum atomic E-state index is 10.8. The Labute approximate surface area is 113 Å². The van der Waals surface area contributed by atoms with Crippen LogP contribution in [0.15, 0.2) is 47.1 Å². The number of pyridine rings is 1.